The largest absolute Gasteiger partial charge is 0.248 e. The summed E-state index contributed by atoms with van der Waals surface area (Å²) in [5.74, 6) is 0. The minimum Gasteiger partial charge on any atom is -0.248 e. The molecule has 0 amide bonds. The Morgan fingerprint density at radius 2 is 0.360 bits per heavy atom. The lowest BCUT2D eigenvalue weighted by Crippen LogP contribution is -1.94. The summed E-state index contributed by atoms with van der Waals surface area (Å²) in [5, 5.41) is 41.8. The van der Waals surface area contributed by atoms with Crippen molar-refractivity contribution in [2.75, 3.05) is 0 Å². The highest BCUT2D eigenvalue weighted by atomic mass is 14.7. The molecule has 29 rings (SSSR count). The molecule has 4 heteroatoms. The maximum absolute atomic E-state index is 5.69. The van der Waals surface area contributed by atoms with E-state index in [4.69, 9.17) is 19.9 Å². The molecule has 626 valence electrons. The summed E-state index contributed by atoms with van der Waals surface area (Å²) in [4.78, 5) is 21.7. The zero-order valence-corrected chi connectivity index (χ0v) is 73.8. The normalized spacial score (nSPS) is 12.0. The van der Waals surface area contributed by atoms with Gasteiger partial charge in [-0.15, -0.1) is 0 Å². The molecule has 0 spiro atoms. The van der Waals surface area contributed by atoms with Crippen molar-refractivity contribution >= 4 is 205 Å². The number of hydrogen-bond acceptors (Lipinski definition) is 4. The summed E-state index contributed by atoms with van der Waals surface area (Å²) in [6.07, 6.45) is 0. The maximum atomic E-state index is 5.69. The molecule has 0 aliphatic rings. The predicted octanol–water partition coefficient (Wildman–Crippen LogP) is 36.2. The Labute approximate surface area is 782 Å². The highest BCUT2D eigenvalue weighted by Gasteiger charge is 2.24. The quantitative estimate of drug-likeness (QED) is 0.142. The summed E-state index contributed by atoms with van der Waals surface area (Å²) in [6.45, 7) is 0. The van der Waals surface area contributed by atoms with Crippen LogP contribution in [0.25, 0.3) is 295 Å². The molecule has 4 heterocycles. The van der Waals surface area contributed by atoms with Crippen molar-refractivity contribution in [2.24, 2.45) is 0 Å². The summed E-state index contributed by atoms with van der Waals surface area (Å²) in [6, 6.07) is 173. The Bertz CT molecular complexity index is 10100. The zero-order valence-electron chi connectivity index (χ0n) is 73.8. The van der Waals surface area contributed by atoms with Gasteiger partial charge in [-0.25, -0.2) is 19.9 Å². The molecule has 0 saturated heterocycles. The molecule has 0 radical (unpaired) electrons. The van der Waals surface area contributed by atoms with Crippen LogP contribution >= 0.6 is 0 Å². The first-order valence-corrected chi connectivity index (χ1v) is 46.9. The average molecular weight is 1720 g/mol. The second-order valence-corrected chi connectivity index (χ2v) is 36.3. The molecular weight excluding hydrogens is 1640 g/mol. The molecule has 0 N–H and O–H groups in total. The minimum absolute atomic E-state index is 0.940. The summed E-state index contributed by atoms with van der Waals surface area (Å²) >= 11 is 0. The van der Waals surface area contributed by atoms with Gasteiger partial charge in [-0.2, -0.15) is 0 Å². The van der Waals surface area contributed by atoms with Crippen molar-refractivity contribution in [3.63, 3.8) is 0 Å². The maximum Gasteiger partial charge on any atom is 0.0794 e. The topological polar surface area (TPSA) is 51.6 Å². The van der Waals surface area contributed by atoms with Gasteiger partial charge in [0.15, 0.2) is 0 Å². The Morgan fingerprint density at radius 3 is 0.728 bits per heavy atom. The van der Waals surface area contributed by atoms with E-state index < -0.39 is 0 Å². The molecule has 0 fully saturated rings. The smallest absolute Gasteiger partial charge is 0.0794 e. The van der Waals surface area contributed by atoms with Crippen molar-refractivity contribution in [1.82, 2.24) is 19.9 Å². The van der Waals surface area contributed by atoms with Gasteiger partial charge in [0.25, 0.3) is 0 Å². The molecule has 0 aliphatic carbocycles. The fourth-order valence-corrected chi connectivity index (χ4v) is 22.6. The van der Waals surface area contributed by atoms with E-state index in [1.807, 2.05) is 0 Å². The van der Waals surface area contributed by atoms with E-state index >= 15 is 0 Å². The van der Waals surface area contributed by atoms with Crippen LogP contribution in [0.2, 0.25) is 0 Å². The fourth-order valence-electron chi connectivity index (χ4n) is 22.6. The Balaban J connectivity index is 0.000000135. The Morgan fingerprint density at radius 1 is 0.110 bits per heavy atom. The van der Waals surface area contributed by atoms with E-state index in [0.717, 1.165) is 122 Å². The SMILES string of the molecule is c1ccc2c(c1)nc(-c1ccc(-c3cc(-c4ccc5c6ccccc6c6ccccc6c5c4)nc4c3cc(-c3ccc5c6ccccc6c6ccccc6c5c3)c3ccccc34)cc1)c1ccccc12.c1ccc2nc(-c3ccc(-c4cc(-c5ccc6c7ccccc7c7ccccc7c6c5)nc5c4cc(-c4ccc6c7ccccc7c7ccccc7c6c4)c4ccccc45)cc3)ccc2c1. The van der Waals surface area contributed by atoms with Crippen LogP contribution in [0.3, 0.4) is 0 Å². The first kappa shape index (κ1) is 76.9. The number of rotatable bonds is 8. The van der Waals surface area contributed by atoms with Crippen LogP contribution in [-0.4, -0.2) is 19.9 Å². The number of fused-ring (bicyclic) bond motifs is 34. The standard InChI is InChI=1S/C68H40N2.C64H38N2/c1-3-19-49-45(15-1)47-17-5-7-21-51(47)62-37-43(33-35-55(49)62)60-39-64-61(41-29-31-42(32-30-41)67-58-26-11-9-23-53(58)57-25-13-14-28-65(57)69-67)40-66(70-68(64)59-27-12-10-24-54(59)60)44-34-36-56-50-20-4-2-16-46(50)48-18-6-8-22-52(48)63(56)38-44;1-12-24-61-40(13-1)31-34-62(65-61)41-27-25-39(26-28-41)57-38-63(43-30-33-54-49-19-5-3-15-45(49)47-17-7-9-21-51(47)59(54)36-43)66-64-55-23-11-10-22-52(55)56(37-60(57)64)42-29-32-53-48-18-4-2-14-44(48)46-16-6-8-20-50(46)58(53)35-42/h1-40H;1-38H. The lowest BCUT2D eigenvalue weighted by molar-refractivity contribution is 1.39. The third-order valence-corrected chi connectivity index (χ3v) is 29.0. The van der Waals surface area contributed by atoms with Crippen LogP contribution in [0.4, 0.5) is 0 Å². The van der Waals surface area contributed by atoms with Crippen LogP contribution in [0.1, 0.15) is 0 Å². The lowest BCUT2D eigenvalue weighted by Gasteiger charge is -2.17. The summed E-state index contributed by atoms with van der Waals surface area (Å²) in [5.41, 5.74) is 21.4. The molecule has 0 unspecified atom stereocenters. The number of nitrogens with zero attached hydrogens (tertiary/aromatic N) is 4. The molecule has 4 nitrogen and oxygen atoms in total. The number of para-hydroxylation sites is 2. The number of pyridine rings is 4. The minimum atomic E-state index is 0.940. The first-order chi connectivity index (χ1) is 67.4. The van der Waals surface area contributed by atoms with Gasteiger partial charge >= 0.3 is 0 Å². The molecule has 25 aromatic carbocycles. The van der Waals surface area contributed by atoms with Crippen molar-refractivity contribution in [2.45, 2.75) is 0 Å². The second kappa shape index (κ2) is 30.8. The van der Waals surface area contributed by atoms with E-state index in [0.29, 0.717) is 0 Å². The third kappa shape index (κ3) is 12.3. The van der Waals surface area contributed by atoms with Crippen molar-refractivity contribution < 1.29 is 0 Å². The Hall–Kier alpha value is -18.0. The number of aromatic nitrogens is 4. The first-order valence-electron chi connectivity index (χ1n) is 46.9. The molecule has 4 aromatic heterocycles. The third-order valence-electron chi connectivity index (χ3n) is 29.0. The fraction of sp³-hybridized carbons (Fsp3) is 0. The van der Waals surface area contributed by atoms with E-state index in [9.17, 15) is 0 Å². The molecule has 0 aliphatic heterocycles. The van der Waals surface area contributed by atoms with E-state index in [-0.39, 0.29) is 0 Å². The van der Waals surface area contributed by atoms with Gasteiger partial charge in [0.05, 0.1) is 44.8 Å². The van der Waals surface area contributed by atoms with Gasteiger partial charge < -0.3 is 0 Å². The van der Waals surface area contributed by atoms with Crippen molar-refractivity contribution in [1.29, 1.82) is 0 Å². The average Bonchev–Trinajstić information content (AvgIpc) is 0.721. The molecular formula is C132H78N4. The van der Waals surface area contributed by atoms with Crippen molar-refractivity contribution in [3.05, 3.63) is 473 Å². The number of hydrogen-bond donors (Lipinski definition) is 0. The molecule has 29 aromatic rings. The van der Waals surface area contributed by atoms with Crippen LogP contribution in [0, 0.1) is 0 Å². The Kier molecular flexibility index (Phi) is 17.4. The monoisotopic (exact) mass is 1720 g/mol. The molecule has 0 atom stereocenters. The van der Waals surface area contributed by atoms with Gasteiger partial charge in [0, 0.05) is 60.0 Å². The second-order valence-electron chi connectivity index (χ2n) is 36.3. The van der Waals surface area contributed by atoms with Crippen LogP contribution in [0.5, 0.6) is 0 Å². The highest BCUT2D eigenvalue weighted by molar-refractivity contribution is 6.31. The predicted molar refractivity (Wildman–Crippen MR) is 580 cm³/mol. The van der Waals surface area contributed by atoms with E-state index in [1.165, 1.54) is 173 Å². The lowest BCUT2D eigenvalue weighted by atomic mass is 9.88. The van der Waals surface area contributed by atoms with Gasteiger partial charge in [-0.3, -0.25) is 0 Å². The zero-order chi connectivity index (χ0) is 89.2. The van der Waals surface area contributed by atoms with Crippen molar-refractivity contribution in [3.8, 4) is 89.5 Å². The van der Waals surface area contributed by atoms with Crippen LogP contribution in [-0.2, 0) is 0 Å². The molecule has 0 bridgehead atoms. The van der Waals surface area contributed by atoms with Crippen LogP contribution < -0.4 is 0 Å². The summed E-state index contributed by atoms with van der Waals surface area (Å²) < 4.78 is 0. The highest BCUT2D eigenvalue weighted by Crippen LogP contribution is 2.50. The van der Waals surface area contributed by atoms with Gasteiger partial charge in [-0.05, 0) is 257 Å². The van der Waals surface area contributed by atoms with Crippen LogP contribution in [0.15, 0.2) is 473 Å². The molecule has 136 heavy (non-hydrogen) atoms. The van der Waals surface area contributed by atoms with Gasteiger partial charge in [0.1, 0.15) is 0 Å². The van der Waals surface area contributed by atoms with Gasteiger partial charge in [-0.1, -0.05) is 406 Å². The van der Waals surface area contributed by atoms with Gasteiger partial charge in [0.2, 0.25) is 0 Å². The number of benzene rings is 25. The van der Waals surface area contributed by atoms with E-state index in [2.05, 4.69) is 473 Å². The summed E-state index contributed by atoms with van der Waals surface area (Å²) in [7, 11) is 0. The van der Waals surface area contributed by atoms with E-state index in [1.54, 1.807) is 0 Å². The molecule has 0 saturated carbocycles.